The van der Waals surface area contributed by atoms with E-state index in [1.165, 1.54) is 69.5 Å². The molecule has 0 fully saturated rings. The lowest BCUT2D eigenvalue weighted by molar-refractivity contribution is 0.435. The Morgan fingerprint density at radius 3 is 1.82 bits per heavy atom. The molecule has 9 aromatic carbocycles. The molecule has 0 N–H and O–H groups in total. The minimum absolute atomic E-state index is 0.529. The Labute approximate surface area is 327 Å². The van der Waals surface area contributed by atoms with Gasteiger partial charge in [-0.15, -0.1) is 11.3 Å². The van der Waals surface area contributed by atoms with Gasteiger partial charge < -0.3 is 9.15 Å². The van der Waals surface area contributed by atoms with Gasteiger partial charge in [0.15, 0.2) is 0 Å². The van der Waals surface area contributed by atoms with Crippen LogP contribution in [0.15, 0.2) is 199 Å². The summed E-state index contributed by atoms with van der Waals surface area (Å²) in [6, 6.07) is 70.0. The van der Waals surface area contributed by atoms with E-state index in [2.05, 4.69) is 194 Å². The second-order valence-electron chi connectivity index (χ2n) is 14.8. The SMILES string of the molecule is c1ccc(C2(c3ccccc3)c3ccccc3Oc3cc(-c4ccc5c(c4)sc4cc(-c6cccc7oc8ccc9ccccc9c8c67)ccc45)ccc32)cc1. The van der Waals surface area contributed by atoms with Crippen molar-refractivity contribution >= 4 is 64.2 Å². The van der Waals surface area contributed by atoms with Gasteiger partial charge in [0.25, 0.3) is 0 Å². The highest BCUT2D eigenvalue weighted by atomic mass is 32.1. The van der Waals surface area contributed by atoms with Gasteiger partial charge in [-0.25, -0.2) is 0 Å². The van der Waals surface area contributed by atoms with E-state index in [1.54, 1.807) is 0 Å². The predicted octanol–water partition coefficient (Wildman–Crippen LogP) is 14.9. The molecule has 262 valence electrons. The normalized spacial score (nSPS) is 13.3. The molecule has 0 unspecified atom stereocenters. The zero-order valence-corrected chi connectivity index (χ0v) is 31.0. The third-order valence-corrected chi connectivity index (χ3v) is 12.9. The predicted molar refractivity (Wildman–Crippen MR) is 233 cm³/mol. The van der Waals surface area contributed by atoms with Crippen LogP contribution in [0, 0.1) is 0 Å². The van der Waals surface area contributed by atoms with Gasteiger partial charge in [-0.05, 0) is 80.6 Å². The summed E-state index contributed by atoms with van der Waals surface area (Å²) >= 11 is 1.85. The van der Waals surface area contributed by atoms with Gasteiger partial charge in [-0.2, -0.15) is 0 Å². The lowest BCUT2D eigenvalue weighted by atomic mass is 9.63. The molecule has 0 bridgehead atoms. The van der Waals surface area contributed by atoms with Crippen molar-refractivity contribution in [2.24, 2.45) is 0 Å². The Morgan fingerprint density at radius 1 is 0.393 bits per heavy atom. The Morgan fingerprint density at radius 2 is 1.02 bits per heavy atom. The van der Waals surface area contributed by atoms with Crippen LogP contribution in [0.2, 0.25) is 0 Å². The maximum Gasteiger partial charge on any atom is 0.136 e. The lowest BCUT2D eigenvalue weighted by Crippen LogP contribution is -2.34. The van der Waals surface area contributed by atoms with Crippen LogP contribution in [0.5, 0.6) is 11.5 Å². The minimum atomic E-state index is -0.529. The molecule has 0 saturated heterocycles. The van der Waals surface area contributed by atoms with Crippen molar-refractivity contribution in [1.29, 1.82) is 0 Å². The quantitative estimate of drug-likeness (QED) is 0.180. The Balaban J connectivity index is 0.989. The standard InChI is InChI=1S/C53H32O2S/c1-3-13-37(14-4-1)53(38-15-5-2-6-16-38)43-19-9-10-20-45(43)54-48-30-34(24-28-44(48)53)35-22-26-41-42-27-23-36(32-50(42)56-49(41)31-35)40-18-11-21-46-52(40)51-39-17-8-7-12-33(39)25-29-47(51)55-46/h1-32H. The number of rotatable bonds is 4. The number of para-hydroxylation sites is 1. The van der Waals surface area contributed by atoms with Gasteiger partial charge in [-0.1, -0.05) is 158 Å². The fourth-order valence-corrected chi connectivity index (χ4v) is 10.5. The highest BCUT2D eigenvalue weighted by molar-refractivity contribution is 7.25. The second-order valence-corrected chi connectivity index (χ2v) is 15.8. The highest BCUT2D eigenvalue weighted by Crippen LogP contribution is 2.56. The molecule has 12 rings (SSSR count). The zero-order valence-electron chi connectivity index (χ0n) is 30.2. The van der Waals surface area contributed by atoms with E-state index in [-0.39, 0.29) is 0 Å². The van der Waals surface area contributed by atoms with Crippen LogP contribution in [0.3, 0.4) is 0 Å². The van der Waals surface area contributed by atoms with Gasteiger partial charge in [0.1, 0.15) is 22.7 Å². The van der Waals surface area contributed by atoms with Crippen molar-refractivity contribution in [3.05, 3.63) is 216 Å². The van der Waals surface area contributed by atoms with Crippen LogP contribution in [-0.2, 0) is 5.41 Å². The molecule has 11 aromatic rings. The van der Waals surface area contributed by atoms with Crippen molar-refractivity contribution in [3.8, 4) is 33.8 Å². The van der Waals surface area contributed by atoms with Crippen molar-refractivity contribution < 1.29 is 9.15 Å². The van der Waals surface area contributed by atoms with Crippen LogP contribution < -0.4 is 4.74 Å². The zero-order chi connectivity index (χ0) is 36.8. The Kier molecular flexibility index (Phi) is 6.75. The molecule has 2 nitrogen and oxygen atoms in total. The maximum atomic E-state index is 6.80. The fourth-order valence-electron chi connectivity index (χ4n) is 9.34. The number of fused-ring (bicyclic) bond motifs is 10. The number of hydrogen-bond acceptors (Lipinski definition) is 3. The molecule has 0 radical (unpaired) electrons. The van der Waals surface area contributed by atoms with Crippen molar-refractivity contribution in [2.75, 3.05) is 0 Å². The number of benzene rings is 9. The first-order valence-electron chi connectivity index (χ1n) is 19.1. The summed E-state index contributed by atoms with van der Waals surface area (Å²) in [5.74, 6) is 1.76. The number of furan rings is 1. The molecule has 0 amide bonds. The van der Waals surface area contributed by atoms with Crippen LogP contribution in [-0.4, -0.2) is 0 Å². The maximum absolute atomic E-state index is 6.80. The summed E-state index contributed by atoms with van der Waals surface area (Å²) in [6.07, 6.45) is 0. The van der Waals surface area contributed by atoms with Gasteiger partial charge in [-0.3, -0.25) is 0 Å². The van der Waals surface area contributed by atoms with E-state index in [9.17, 15) is 0 Å². The first kappa shape index (κ1) is 31.4. The summed E-state index contributed by atoms with van der Waals surface area (Å²) in [4.78, 5) is 0. The number of thiophene rings is 1. The first-order valence-corrected chi connectivity index (χ1v) is 19.9. The molecular weight excluding hydrogens is 701 g/mol. The van der Waals surface area contributed by atoms with E-state index >= 15 is 0 Å². The third-order valence-electron chi connectivity index (χ3n) is 11.8. The Hall–Kier alpha value is -6.94. The average Bonchev–Trinajstić information content (AvgIpc) is 3.84. The van der Waals surface area contributed by atoms with E-state index < -0.39 is 5.41 Å². The first-order chi connectivity index (χ1) is 27.7. The Bertz CT molecular complexity index is 3300. The molecule has 1 aliphatic heterocycles. The summed E-state index contributed by atoms with van der Waals surface area (Å²) in [7, 11) is 0. The van der Waals surface area contributed by atoms with E-state index in [0.29, 0.717) is 0 Å². The van der Waals surface area contributed by atoms with Crippen LogP contribution >= 0.6 is 11.3 Å². The monoisotopic (exact) mass is 732 g/mol. The molecule has 0 atom stereocenters. The summed E-state index contributed by atoms with van der Waals surface area (Å²) in [5.41, 5.74) is 10.7. The van der Waals surface area contributed by atoms with Crippen molar-refractivity contribution in [2.45, 2.75) is 5.41 Å². The van der Waals surface area contributed by atoms with Gasteiger partial charge >= 0.3 is 0 Å². The highest BCUT2D eigenvalue weighted by Gasteiger charge is 2.45. The number of hydrogen-bond donors (Lipinski definition) is 0. The fraction of sp³-hybridized carbons (Fsp3) is 0.0189. The molecule has 3 heteroatoms. The lowest BCUT2D eigenvalue weighted by Gasteiger charge is -2.41. The number of ether oxygens (including phenoxy) is 1. The smallest absolute Gasteiger partial charge is 0.136 e. The van der Waals surface area contributed by atoms with E-state index in [4.69, 9.17) is 9.15 Å². The van der Waals surface area contributed by atoms with Gasteiger partial charge in [0, 0.05) is 42.1 Å². The molecule has 2 aromatic heterocycles. The second kappa shape index (κ2) is 12.0. The molecule has 56 heavy (non-hydrogen) atoms. The average molecular weight is 733 g/mol. The van der Waals surface area contributed by atoms with Crippen LogP contribution in [0.1, 0.15) is 22.3 Å². The van der Waals surface area contributed by atoms with Crippen LogP contribution in [0.4, 0.5) is 0 Å². The molecule has 1 aliphatic rings. The van der Waals surface area contributed by atoms with Crippen molar-refractivity contribution in [1.82, 2.24) is 0 Å². The van der Waals surface area contributed by atoms with Gasteiger partial charge in [0.2, 0.25) is 0 Å². The minimum Gasteiger partial charge on any atom is -0.457 e. The summed E-state index contributed by atoms with van der Waals surface area (Å²) < 4.78 is 15.7. The third kappa shape index (κ3) is 4.49. The molecule has 0 saturated carbocycles. The molecule has 3 heterocycles. The summed E-state index contributed by atoms with van der Waals surface area (Å²) in [6.45, 7) is 0. The van der Waals surface area contributed by atoms with Crippen molar-refractivity contribution in [3.63, 3.8) is 0 Å². The largest absolute Gasteiger partial charge is 0.457 e. The molecular formula is C53H32O2S. The van der Waals surface area contributed by atoms with Gasteiger partial charge in [0.05, 0.1) is 5.41 Å². The topological polar surface area (TPSA) is 22.4 Å². The van der Waals surface area contributed by atoms with E-state index in [0.717, 1.165) is 39.4 Å². The molecule has 0 aliphatic carbocycles. The molecule has 0 spiro atoms. The van der Waals surface area contributed by atoms with Crippen LogP contribution in [0.25, 0.3) is 75.1 Å². The summed E-state index contributed by atoms with van der Waals surface area (Å²) in [5, 5.41) is 7.33. The van der Waals surface area contributed by atoms with E-state index in [1.807, 2.05) is 11.3 Å².